The third kappa shape index (κ3) is 7.38. The van der Waals surface area contributed by atoms with Gasteiger partial charge >= 0.3 is 16.3 Å². The minimum atomic E-state index is -3.73. The molecule has 16 heavy (non-hydrogen) atoms. The Bertz CT molecular complexity index is 336. The van der Waals surface area contributed by atoms with Crippen LogP contribution in [-0.4, -0.2) is 34.1 Å². The van der Waals surface area contributed by atoms with E-state index in [4.69, 9.17) is 0 Å². The van der Waals surface area contributed by atoms with Crippen LogP contribution in [0.15, 0.2) is 12.2 Å². The monoisotopic (exact) mass is 251 g/mol. The largest absolute Gasteiger partial charge is 0.461 e. The molecule has 0 unspecified atom stereocenters. The number of rotatable bonds is 8. The second-order valence-corrected chi connectivity index (χ2v) is 4.52. The zero-order valence-corrected chi connectivity index (χ0v) is 10.3. The molecule has 94 valence electrons. The Morgan fingerprint density at radius 1 is 1.38 bits per heavy atom. The minimum absolute atomic E-state index is 0.0228. The van der Waals surface area contributed by atoms with E-state index in [9.17, 15) is 13.2 Å². The van der Waals surface area contributed by atoms with E-state index >= 15 is 0 Å². The predicted molar refractivity (Wildman–Crippen MR) is 58.9 cm³/mol. The number of hydrogen-bond acceptors (Lipinski definition) is 5. The fourth-order valence-corrected chi connectivity index (χ4v) is 1.47. The fourth-order valence-electron chi connectivity index (χ4n) is 0.668. The summed E-state index contributed by atoms with van der Waals surface area (Å²) in [4.78, 5) is 10.9. The molecule has 0 aliphatic rings. The molecule has 0 rings (SSSR count). The molecule has 0 aromatic heterocycles. The lowest BCUT2D eigenvalue weighted by atomic mass is 10.4. The molecule has 0 amide bonds. The Morgan fingerprint density at radius 2 is 2.00 bits per heavy atom. The summed E-state index contributed by atoms with van der Waals surface area (Å²) >= 11 is 0. The standard InChI is InChI=1S/C9H17NO5S/c1-4-6-15-16(12,13)10-5-7-14-9(11)8(2)3/h10H,2,4-7H2,1,3H3. The maximum absolute atomic E-state index is 11.1. The molecule has 6 nitrogen and oxygen atoms in total. The summed E-state index contributed by atoms with van der Waals surface area (Å²) in [7, 11) is -3.73. The van der Waals surface area contributed by atoms with Gasteiger partial charge in [0.05, 0.1) is 6.61 Å². The molecule has 0 fully saturated rings. The van der Waals surface area contributed by atoms with E-state index in [1.807, 2.05) is 0 Å². The second-order valence-electron chi connectivity index (χ2n) is 3.09. The van der Waals surface area contributed by atoms with Gasteiger partial charge in [0, 0.05) is 12.1 Å². The van der Waals surface area contributed by atoms with Crippen LogP contribution in [0.3, 0.4) is 0 Å². The quantitative estimate of drug-likeness (QED) is 0.383. The fraction of sp³-hybridized carbons (Fsp3) is 0.667. The number of esters is 1. The van der Waals surface area contributed by atoms with Gasteiger partial charge in [-0.3, -0.25) is 4.18 Å². The number of ether oxygens (including phenoxy) is 1. The van der Waals surface area contributed by atoms with Crippen LogP contribution in [-0.2, 0) is 24.0 Å². The highest BCUT2D eigenvalue weighted by Crippen LogP contribution is 1.92. The molecule has 0 heterocycles. The van der Waals surface area contributed by atoms with Crippen LogP contribution in [0.5, 0.6) is 0 Å². The van der Waals surface area contributed by atoms with Crippen LogP contribution in [0, 0.1) is 0 Å². The molecule has 0 aromatic rings. The Labute approximate surface area is 95.9 Å². The lowest BCUT2D eigenvalue weighted by Gasteiger charge is -2.07. The zero-order valence-electron chi connectivity index (χ0n) is 9.49. The number of hydrogen-bond donors (Lipinski definition) is 1. The predicted octanol–water partition coefficient (Wildman–Crippen LogP) is 0.367. The Balaban J connectivity index is 3.74. The van der Waals surface area contributed by atoms with Gasteiger partial charge in [0.1, 0.15) is 6.61 Å². The third-order valence-corrected chi connectivity index (χ3v) is 2.44. The van der Waals surface area contributed by atoms with Crippen LogP contribution in [0.1, 0.15) is 20.3 Å². The molecule has 0 saturated carbocycles. The lowest BCUT2D eigenvalue weighted by Crippen LogP contribution is -2.30. The van der Waals surface area contributed by atoms with Crippen molar-refractivity contribution in [1.82, 2.24) is 4.72 Å². The minimum Gasteiger partial charge on any atom is -0.461 e. The summed E-state index contributed by atoms with van der Waals surface area (Å²) in [5, 5.41) is 0. The smallest absolute Gasteiger partial charge is 0.335 e. The van der Waals surface area contributed by atoms with E-state index in [-0.39, 0.29) is 25.3 Å². The van der Waals surface area contributed by atoms with Gasteiger partial charge in [-0.1, -0.05) is 13.5 Å². The van der Waals surface area contributed by atoms with Crippen molar-refractivity contribution < 1.29 is 22.1 Å². The van der Waals surface area contributed by atoms with Crippen LogP contribution < -0.4 is 4.72 Å². The third-order valence-electron chi connectivity index (χ3n) is 1.41. The first-order valence-corrected chi connectivity index (χ1v) is 6.26. The number of carbonyl (C=O) groups is 1. The van der Waals surface area contributed by atoms with Crippen LogP contribution in [0.2, 0.25) is 0 Å². The summed E-state index contributed by atoms with van der Waals surface area (Å²) in [6.45, 7) is 6.74. The van der Waals surface area contributed by atoms with Crippen molar-refractivity contribution in [3.8, 4) is 0 Å². The summed E-state index contributed by atoms with van der Waals surface area (Å²) in [6, 6.07) is 0. The van der Waals surface area contributed by atoms with E-state index in [0.717, 1.165) is 0 Å². The van der Waals surface area contributed by atoms with Crippen molar-refractivity contribution in [2.75, 3.05) is 19.8 Å². The SMILES string of the molecule is C=C(C)C(=O)OCCNS(=O)(=O)OCCC. The summed E-state index contributed by atoms with van der Waals surface area (Å²) < 4.78 is 33.5. The molecule has 1 N–H and O–H groups in total. The van der Waals surface area contributed by atoms with Crippen molar-refractivity contribution in [3.63, 3.8) is 0 Å². The van der Waals surface area contributed by atoms with E-state index in [2.05, 4.69) is 20.2 Å². The van der Waals surface area contributed by atoms with Crippen molar-refractivity contribution in [1.29, 1.82) is 0 Å². The first-order chi connectivity index (χ1) is 7.39. The highest BCUT2D eigenvalue weighted by molar-refractivity contribution is 7.84. The Hall–Kier alpha value is -0.920. The maximum atomic E-state index is 11.1. The van der Waals surface area contributed by atoms with Crippen molar-refractivity contribution >= 4 is 16.3 Å². The van der Waals surface area contributed by atoms with Crippen molar-refractivity contribution in [2.24, 2.45) is 0 Å². The van der Waals surface area contributed by atoms with Gasteiger partial charge in [0.2, 0.25) is 0 Å². The normalized spacial score (nSPS) is 11.1. The Kier molecular flexibility index (Phi) is 6.95. The van der Waals surface area contributed by atoms with Gasteiger partial charge in [0.15, 0.2) is 0 Å². The highest BCUT2D eigenvalue weighted by Gasteiger charge is 2.09. The van der Waals surface area contributed by atoms with E-state index in [0.29, 0.717) is 6.42 Å². The maximum Gasteiger partial charge on any atom is 0.335 e. The van der Waals surface area contributed by atoms with Crippen molar-refractivity contribution in [3.05, 3.63) is 12.2 Å². The molecule has 7 heteroatoms. The van der Waals surface area contributed by atoms with Gasteiger partial charge in [0.25, 0.3) is 0 Å². The summed E-state index contributed by atoms with van der Waals surface area (Å²) in [5.74, 6) is -0.548. The van der Waals surface area contributed by atoms with Crippen LogP contribution in [0.25, 0.3) is 0 Å². The van der Waals surface area contributed by atoms with E-state index in [1.54, 1.807) is 6.92 Å². The molecule has 0 saturated heterocycles. The molecule has 0 aromatic carbocycles. The molecule has 0 atom stereocenters. The van der Waals surface area contributed by atoms with Crippen molar-refractivity contribution in [2.45, 2.75) is 20.3 Å². The van der Waals surface area contributed by atoms with Gasteiger partial charge < -0.3 is 4.74 Å². The Morgan fingerprint density at radius 3 is 2.50 bits per heavy atom. The summed E-state index contributed by atoms with van der Waals surface area (Å²) in [5.41, 5.74) is 0.269. The van der Waals surface area contributed by atoms with Gasteiger partial charge in [-0.25, -0.2) is 4.79 Å². The highest BCUT2D eigenvalue weighted by atomic mass is 32.2. The molecule has 0 radical (unpaired) electrons. The van der Waals surface area contributed by atoms with E-state index < -0.39 is 16.3 Å². The molecule has 0 aliphatic heterocycles. The molecule has 0 aliphatic carbocycles. The molecular formula is C9H17NO5S. The van der Waals surface area contributed by atoms with Gasteiger partial charge in [-0.15, -0.1) is 0 Å². The zero-order chi connectivity index (χ0) is 12.6. The first-order valence-electron chi connectivity index (χ1n) is 4.85. The van der Waals surface area contributed by atoms with Gasteiger partial charge in [-0.2, -0.15) is 13.1 Å². The molecule has 0 spiro atoms. The second kappa shape index (κ2) is 7.37. The van der Waals surface area contributed by atoms with Gasteiger partial charge in [-0.05, 0) is 13.3 Å². The summed E-state index contributed by atoms with van der Waals surface area (Å²) in [6.07, 6.45) is 0.603. The average molecular weight is 251 g/mol. The average Bonchev–Trinajstić information content (AvgIpc) is 2.21. The van der Waals surface area contributed by atoms with Crippen LogP contribution >= 0.6 is 0 Å². The van der Waals surface area contributed by atoms with Crippen LogP contribution in [0.4, 0.5) is 0 Å². The first kappa shape index (κ1) is 15.1. The number of nitrogens with one attached hydrogen (secondary N) is 1. The lowest BCUT2D eigenvalue weighted by molar-refractivity contribution is -0.138. The molecule has 0 bridgehead atoms. The molecular weight excluding hydrogens is 234 g/mol. The topological polar surface area (TPSA) is 81.7 Å². The number of carbonyl (C=O) groups excluding carboxylic acids is 1. The van der Waals surface area contributed by atoms with E-state index in [1.165, 1.54) is 6.92 Å².